The summed E-state index contributed by atoms with van der Waals surface area (Å²) in [6.07, 6.45) is 3.53. The van der Waals surface area contributed by atoms with Crippen molar-refractivity contribution in [2.24, 2.45) is 0 Å². The zero-order valence-electron chi connectivity index (χ0n) is 19.3. The van der Waals surface area contributed by atoms with Gasteiger partial charge in [-0.2, -0.15) is 0 Å². The number of thioether (sulfide) groups is 1. The van der Waals surface area contributed by atoms with Crippen LogP contribution in [0.4, 0.5) is 5.69 Å². The number of carbonyl (C=O) groups excluding carboxylic acids is 2. The number of aromatic nitrogens is 2. The van der Waals surface area contributed by atoms with Crippen LogP contribution in [0.2, 0.25) is 0 Å². The van der Waals surface area contributed by atoms with Crippen LogP contribution in [0, 0.1) is 20.8 Å². The topological polar surface area (TPSA) is 89.2 Å². The van der Waals surface area contributed by atoms with E-state index in [0.717, 1.165) is 28.3 Å². The number of nitrogens with zero attached hydrogens (tertiary/aromatic N) is 2. The Kier molecular flexibility index (Phi) is 7.18. The van der Waals surface area contributed by atoms with E-state index in [2.05, 4.69) is 15.6 Å². The number of amides is 2. The molecule has 2 aromatic carbocycles. The summed E-state index contributed by atoms with van der Waals surface area (Å²) in [5.41, 5.74) is 4.32. The van der Waals surface area contributed by atoms with E-state index in [1.54, 1.807) is 18.3 Å². The maximum absolute atomic E-state index is 12.5. The van der Waals surface area contributed by atoms with Gasteiger partial charge in [-0.15, -0.1) is 0 Å². The van der Waals surface area contributed by atoms with E-state index in [9.17, 15) is 9.59 Å². The van der Waals surface area contributed by atoms with Crippen molar-refractivity contribution in [1.29, 1.82) is 0 Å². The minimum absolute atomic E-state index is 0.0873. The van der Waals surface area contributed by atoms with Crippen molar-refractivity contribution >= 4 is 29.3 Å². The molecule has 0 unspecified atom stereocenters. The van der Waals surface area contributed by atoms with Crippen molar-refractivity contribution < 1.29 is 14.0 Å². The lowest BCUT2D eigenvalue weighted by atomic mass is 10.1. The lowest BCUT2D eigenvalue weighted by Crippen LogP contribution is -2.22. The van der Waals surface area contributed by atoms with Crippen molar-refractivity contribution in [3.63, 3.8) is 0 Å². The molecular formula is C26H26N4O3S. The summed E-state index contributed by atoms with van der Waals surface area (Å²) in [5.74, 6) is 1.49. The molecule has 0 aliphatic carbocycles. The van der Waals surface area contributed by atoms with Crippen LogP contribution >= 0.6 is 11.8 Å². The van der Waals surface area contributed by atoms with E-state index in [1.807, 2.05) is 74.0 Å². The van der Waals surface area contributed by atoms with Crippen molar-refractivity contribution in [3.8, 4) is 5.69 Å². The molecule has 0 saturated carbocycles. The Labute approximate surface area is 202 Å². The van der Waals surface area contributed by atoms with Gasteiger partial charge in [0.05, 0.1) is 12.3 Å². The minimum Gasteiger partial charge on any atom is -0.465 e. The zero-order chi connectivity index (χ0) is 24.1. The summed E-state index contributed by atoms with van der Waals surface area (Å²) in [6, 6.07) is 16.9. The van der Waals surface area contributed by atoms with Crippen molar-refractivity contribution in [2.45, 2.75) is 32.5 Å². The third-order valence-electron chi connectivity index (χ3n) is 5.31. The summed E-state index contributed by atoms with van der Waals surface area (Å²) in [5, 5.41) is 6.55. The summed E-state index contributed by atoms with van der Waals surface area (Å²) < 4.78 is 7.37. The van der Waals surface area contributed by atoms with E-state index in [4.69, 9.17) is 4.42 Å². The lowest BCUT2D eigenvalue weighted by Gasteiger charge is -2.12. The summed E-state index contributed by atoms with van der Waals surface area (Å²) in [6.45, 7) is 6.15. The van der Waals surface area contributed by atoms with E-state index in [1.165, 1.54) is 11.8 Å². The molecular weight excluding hydrogens is 448 g/mol. The molecule has 2 N–H and O–H groups in total. The highest BCUT2D eigenvalue weighted by atomic mass is 32.2. The Morgan fingerprint density at radius 3 is 2.41 bits per heavy atom. The first-order chi connectivity index (χ1) is 16.4. The standard InChI is InChI=1S/C26H26N4O3S/c1-17-5-4-6-18(2)24(17)29-23(31)16-34-26-27-13-14-30(26)21-10-8-20(9-11-21)25(32)28-15-22-12-7-19(3)33-22/h4-14H,15-16H2,1-3H3,(H,28,32)(H,29,31). The Morgan fingerprint density at radius 2 is 1.74 bits per heavy atom. The maximum Gasteiger partial charge on any atom is 0.251 e. The van der Waals surface area contributed by atoms with Crippen molar-refractivity contribution in [3.05, 3.63) is 95.2 Å². The van der Waals surface area contributed by atoms with Crippen molar-refractivity contribution in [1.82, 2.24) is 14.9 Å². The molecule has 2 amide bonds. The van der Waals surface area contributed by atoms with Gasteiger partial charge in [0, 0.05) is 29.3 Å². The van der Waals surface area contributed by atoms with Gasteiger partial charge in [0.1, 0.15) is 11.5 Å². The van der Waals surface area contributed by atoms with Gasteiger partial charge in [0.25, 0.3) is 5.91 Å². The first kappa shape index (κ1) is 23.4. The average Bonchev–Trinajstić information content (AvgIpc) is 3.47. The monoisotopic (exact) mass is 474 g/mol. The smallest absolute Gasteiger partial charge is 0.251 e. The van der Waals surface area contributed by atoms with Crippen LogP contribution < -0.4 is 10.6 Å². The second kappa shape index (κ2) is 10.4. The van der Waals surface area contributed by atoms with Gasteiger partial charge in [-0.3, -0.25) is 14.2 Å². The largest absolute Gasteiger partial charge is 0.465 e. The fraction of sp³-hybridized carbons (Fsp3) is 0.192. The lowest BCUT2D eigenvalue weighted by molar-refractivity contribution is -0.113. The highest BCUT2D eigenvalue weighted by Gasteiger charge is 2.12. The molecule has 34 heavy (non-hydrogen) atoms. The second-order valence-corrected chi connectivity index (χ2v) is 8.87. The van der Waals surface area contributed by atoms with Crippen LogP contribution in [0.15, 0.2) is 76.6 Å². The number of hydrogen-bond donors (Lipinski definition) is 2. The third kappa shape index (κ3) is 5.58. The number of carbonyl (C=O) groups is 2. The molecule has 0 aliphatic rings. The highest BCUT2D eigenvalue weighted by Crippen LogP contribution is 2.23. The number of benzene rings is 2. The first-order valence-corrected chi connectivity index (χ1v) is 11.9. The zero-order valence-corrected chi connectivity index (χ0v) is 20.1. The van der Waals surface area contributed by atoms with E-state index in [-0.39, 0.29) is 17.6 Å². The molecule has 8 heteroatoms. The summed E-state index contributed by atoms with van der Waals surface area (Å²) >= 11 is 1.36. The number of imidazole rings is 1. The van der Waals surface area contributed by atoms with E-state index < -0.39 is 0 Å². The molecule has 174 valence electrons. The van der Waals surface area contributed by atoms with E-state index in [0.29, 0.717) is 23.0 Å². The van der Waals surface area contributed by atoms with Gasteiger partial charge < -0.3 is 15.1 Å². The number of hydrogen-bond acceptors (Lipinski definition) is 5. The van der Waals surface area contributed by atoms with Crippen molar-refractivity contribution in [2.75, 3.05) is 11.1 Å². The first-order valence-electron chi connectivity index (χ1n) is 10.9. The predicted molar refractivity (Wildman–Crippen MR) is 133 cm³/mol. The van der Waals surface area contributed by atoms with Gasteiger partial charge in [0.15, 0.2) is 5.16 Å². The molecule has 0 fully saturated rings. The molecule has 2 heterocycles. The molecule has 0 radical (unpaired) electrons. The normalized spacial score (nSPS) is 10.8. The summed E-state index contributed by atoms with van der Waals surface area (Å²) in [4.78, 5) is 29.4. The molecule has 0 atom stereocenters. The Hall–Kier alpha value is -3.78. The highest BCUT2D eigenvalue weighted by molar-refractivity contribution is 7.99. The van der Waals surface area contributed by atoms with Crippen LogP contribution in [-0.4, -0.2) is 27.1 Å². The molecule has 0 aliphatic heterocycles. The Morgan fingerprint density at radius 1 is 1.00 bits per heavy atom. The van der Waals surface area contributed by atoms with Gasteiger partial charge in [-0.05, 0) is 68.3 Å². The Bertz CT molecular complexity index is 1290. The fourth-order valence-corrected chi connectivity index (χ4v) is 4.31. The second-order valence-electron chi connectivity index (χ2n) is 7.93. The quantitative estimate of drug-likeness (QED) is 0.349. The summed E-state index contributed by atoms with van der Waals surface area (Å²) in [7, 11) is 0. The number of nitrogens with one attached hydrogen (secondary N) is 2. The number of anilines is 1. The SMILES string of the molecule is Cc1ccc(CNC(=O)c2ccc(-n3ccnc3SCC(=O)Nc3c(C)cccc3C)cc2)o1. The van der Waals surface area contributed by atoms with Crippen LogP contribution in [0.1, 0.15) is 33.0 Å². The van der Waals surface area contributed by atoms with Crippen LogP contribution in [-0.2, 0) is 11.3 Å². The maximum atomic E-state index is 12.5. The molecule has 4 aromatic rings. The van der Waals surface area contributed by atoms with Gasteiger partial charge in [-0.25, -0.2) is 4.98 Å². The third-order valence-corrected chi connectivity index (χ3v) is 6.28. The van der Waals surface area contributed by atoms with Gasteiger partial charge >= 0.3 is 0 Å². The fourth-order valence-electron chi connectivity index (χ4n) is 3.53. The van der Waals surface area contributed by atoms with Gasteiger partial charge in [0.2, 0.25) is 5.91 Å². The molecule has 7 nitrogen and oxygen atoms in total. The molecule has 0 saturated heterocycles. The minimum atomic E-state index is -0.177. The molecule has 2 aromatic heterocycles. The average molecular weight is 475 g/mol. The van der Waals surface area contributed by atoms with E-state index >= 15 is 0 Å². The van der Waals surface area contributed by atoms with Crippen LogP contribution in [0.25, 0.3) is 5.69 Å². The molecule has 0 bridgehead atoms. The Balaban J connectivity index is 1.36. The predicted octanol–water partition coefficient (Wildman–Crippen LogP) is 5.05. The number of rotatable bonds is 8. The molecule has 4 rings (SSSR count). The van der Waals surface area contributed by atoms with Crippen LogP contribution in [0.3, 0.4) is 0 Å². The van der Waals surface area contributed by atoms with Gasteiger partial charge in [-0.1, -0.05) is 30.0 Å². The number of furan rings is 1. The van der Waals surface area contributed by atoms with Crippen LogP contribution in [0.5, 0.6) is 0 Å². The number of para-hydroxylation sites is 1. The number of aryl methyl sites for hydroxylation is 3. The molecule has 0 spiro atoms.